The summed E-state index contributed by atoms with van der Waals surface area (Å²) in [6, 6.07) is 8.36. The van der Waals surface area contributed by atoms with E-state index < -0.39 is 5.82 Å². The Morgan fingerprint density at radius 3 is 2.44 bits per heavy atom. The predicted octanol–water partition coefficient (Wildman–Crippen LogP) is 2.42. The fourth-order valence-electron chi connectivity index (χ4n) is 3.74. The second-order valence-electron chi connectivity index (χ2n) is 6.74. The zero-order valence-corrected chi connectivity index (χ0v) is 14.1. The van der Waals surface area contributed by atoms with E-state index in [1.165, 1.54) is 23.5 Å². The molecule has 0 radical (unpaired) electrons. The van der Waals surface area contributed by atoms with Crippen molar-refractivity contribution in [3.05, 3.63) is 53.6 Å². The van der Waals surface area contributed by atoms with Gasteiger partial charge in [-0.25, -0.2) is 14.4 Å². The summed E-state index contributed by atoms with van der Waals surface area (Å²) in [5.74, 6) is 0.425. The first-order valence-electron chi connectivity index (χ1n) is 8.79. The quantitative estimate of drug-likeness (QED) is 0.842. The number of amides is 1. The van der Waals surface area contributed by atoms with Crippen molar-refractivity contribution in [3.63, 3.8) is 0 Å². The third-order valence-electron chi connectivity index (χ3n) is 5.18. The molecule has 2 aromatic rings. The van der Waals surface area contributed by atoms with Crippen molar-refractivity contribution >= 4 is 11.9 Å². The SMILES string of the molecule is O=C(C1CCN(c2ncc(F)cn2)CC1)N1CCc2ccccc2C1. The number of halogens is 1. The van der Waals surface area contributed by atoms with Crippen LogP contribution in [0.5, 0.6) is 0 Å². The third kappa shape index (κ3) is 3.34. The molecule has 0 atom stereocenters. The Kier molecular flexibility index (Phi) is 4.34. The van der Waals surface area contributed by atoms with E-state index in [4.69, 9.17) is 0 Å². The van der Waals surface area contributed by atoms with Gasteiger partial charge in [0.05, 0.1) is 12.4 Å². The highest BCUT2D eigenvalue weighted by Gasteiger charge is 2.30. The zero-order valence-electron chi connectivity index (χ0n) is 14.1. The van der Waals surface area contributed by atoms with Crippen LogP contribution in [0.1, 0.15) is 24.0 Å². The lowest BCUT2D eigenvalue weighted by atomic mass is 9.93. The van der Waals surface area contributed by atoms with Gasteiger partial charge < -0.3 is 9.80 Å². The molecule has 1 fully saturated rings. The fourth-order valence-corrected chi connectivity index (χ4v) is 3.74. The Balaban J connectivity index is 1.36. The standard InChI is InChI=1S/C19H21FN4O/c20-17-11-21-19(22-12-17)23-8-6-15(7-9-23)18(25)24-10-5-14-3-1-2-4-16(14)13-24/h1-4,11-12,15H,5-10,13H2. The van der Waals surface area contributed by atoms with E-state index in [1.807, 2.05) is 15.9 Å². The van der Waals surface area contributed by atoms with E-state index in [0.717, 1.165) is 45.4 Å². The summed E-state index contributed by atoms with van der Waals surface area (Å²) in [4.78, 5) is 25.0. The lowest BCUT2D eigenvalue weighted by molar-refractivity contribution is -0.137. The normalized spacial score (nSPS) is 18.1. The van der Waals surface area contributed by atoms with E-state index in [0.29, 0.717) is 5.95 Å². The van der Waals surface area contributed by atoms with E-state index >= 15 is 0 Å². The summed E-state index contributed by atoms with van der Waals surface area (Å²) < 4.78 is 12.9. The maximum absolute atomic E-state index is 12.9. The van der Waals surface area contributed by atoms with Gasteiger partial charge >= 0.3 is 0 Å². The van der Waals surface area contributed by atoms with E-state index in [-0.39, 0.29) is 11.8 Å². The molecular weight excluding hydrogens is 319 g/mol. The molecule has 2 aliphatic heterocycles. The highest BCUT2D eigenvalue weighted by atomic mass is 19.1. The number of fused-ring (bicyclic) bond motifs is 1. The van der Waals surface area contributed by atoms with E-state index in [9.17, 15) is 9.18 Å². The summed E-state index contributed by atoms with van der Waals surface area (Å²) in [5, 5.41) is 0. The van der Waals surface area contributed by atoms with Crippen LogP contribution in [0.4, 0.5) is 10.3 Å². The van der Waals surface area contributed by atoms with Gasteiger partial charge in [0.15, 0.2) is 5.82 Å². The number of anilines is 1. The molecular formula is C19H21FN4O. The van der Waals surface area contributed by atoms with Gasteiger partial charge in [-0.15, -0.1) is 0 Å². The van der Waals surface area contributed by atoms with Crippen LogP contribution in [-0.4, -0.2) is 40.4 Å². The Labute approximate surface area is 146 Å². The Hall–Kier alpha value is -2.50. The van der Waals surface area contributed by atoms with Gasteiger partial charge in [-0.2, -0.15) is 0 Å². The van der Waals surface area contributed by atoms with Gasteiger partial charge in [-0.05, 0) is 30.4 Å². The molecule has 0 bridgehead atoms. The molecule has 0 unspecified atom stereocenters. The number of hydrogen-bond donors (Lipinski definition) is 0. The number of benzene rings is 1. The molecule has 0 aliphatic carbocycles. The van der Waals surface area contributed by atoms with Gasteiger partial charge in [0.25, 0.3) is 0 Å². The highest BCUT2D eigenvalue weighted by Crippen LogP contribution is 2.25. The third-order valence-corrected chi connectivity index (χ3v) is 5.18. The van der Waals surface area contributed by atoms with Gasteiger partial charge in [0, 0.05) is 32.1 Å². The average molecular weight is 340 g/mol. The minimum Gasteiger partial charge on any atom is -0.341 e. The molecule has 4 rings (SSSR count). The van der Waals surface area contributed by atoms with Crippen LogP contribution >= 0.6 is 0 Å². The minimum atomic E-state index is -0.431. The molecule has 6 heteroatoms. The first-order valence-corrected chi connectivity index (χ1v) is 8.79. The monoisotopic (exact) mass is 340 g/mol. The second-order valence-corrected chi connectivity index (χ2v) is 6.74. The van der Waals surface area contributed by atoms with Crippen molar-refractivity contribution in [1.82, 2.24) is 14.9 Å². The van der Waals surface area contributed by atoms with Gasteiger partial charge in [0.2, 0.25) is 11.9 Å². The Morgan fingerprint density at radius 2 is 1.72 bits per heavy atom. The Bertz CT molecular complexity index is 756. The van der Waals surface area contributed by atoms with Crippen LogP contribution < -0.4 is 4.90 Å². The molecule has 1 saturated heterocycles. The highest BCUT2D eigenvalue weighted by molar-refractivity contribution is 5.79. The molecule has 0 spiro atoms. The number of aromatic nitrogens is 2. The summed E-state index contributed by atoms with van der Waals surface area (Å²) >= 11 is 0. The molecule has 0 saturated carbocycles. The molecule has 0 N–H and O–H groups in total. The van der Waals surface area contributed by atoms with Gasteiger partial charge in [0.1, 0.15) is 0 Å². The first-order chi connectivity index (χ1) is 12.2. The van der Waals surface area contributed by atoms with Crippen molar-refractivity contribution in [3.8, 4) is 0 Å². The average Bonchev–Trinajstić information content (AvgIpc) is 2.68. The predicted molar refractivity (Wildman–Crippen MR) is 92.5 cm³/mol. The Morgan fingerprint density at radius 1 is 1.04 bits per heavy atom. The minimum absolute atomic E-state index is 0.0574. The van der Waals surface area contributed by atoms with Crippen LogP contribution in [0.25, 0.3) is 0 Å². The zero-order chi connectivity index (χ0) is 17.2. The lowest BCUT2D eigenvalue weighted by Gasteiger charge is -2.36. The van der Waals surface area contributed by atoms with Crippen LogP contribution in [0, 0.1) is 11.7 Å². The number of nitrogens with zero attached hydrogens (tertiary/aromatic N) is 4. The van der Waals surface area contributed by atoms with Crippen LogP contribution in [0.2, 0.25) is 0 Å². The topological polar surface area (TPSA) is 49.3 Å². The van der Waals surface area contributed by atoms with Crippen LogP contribution in [0.15, 0.2) is 36.7 Å². The van der Waals surface area contributed by atoms with Crippen LogP contribution in [0.3, 0.4) is 0 Å². The summed E-state index contributed by atoms with van der Waals surface area (Å²) in [5.41, 5.74) is 2.62. The van der Waals surface area contributed by atoms with Crippen molar-refractivity contribution in [2.75, 3.05) is 24.5 Å². The van der Waals surface area contributed by atoms with Gasteiger partial charge in [-0.1, -0.05) is 24.3 Å². The van der Waals surface area contributed by atoms with Crippen molar-refractivity contribution in [1.29, 1.82) is 0 Å². The molecule has 5 nitrogen and oxygen atoms in total. The second kappa shape index (κ2) is 6.78. The molecule has 130 valence electrons. The van der Waals surface area contributed by atoms with Crippen molar-refractivity contribution < 1.29 is 9.18 Å². The summed E-state index contributed by atoms with van der Waals surface area (Å²) in [6.07, 6.45) is 4.88. The maximum Gasteiger partial charge on any atom is 0.226 e. The molecule has 1 amide bonds. The molecule has 3 heterocycles. The first kappa shape index (κ1) is 16.0. The fraction of sp³-hybridized carbons (Fsp3) is 0.421. The number of piperidine rings is 1. The molecule has 2 aliphatic rings. The molecule has 25 heavy (non-hydrogen) atoms. The number of hydrogen-bond acceptors (Lipinski definition) is 4. The van der Waals surface area contributed by atoms with Crippen molar-refractivity contribution in [2.45, 2.75) is 25.8 Å². The number of carbonyl (C=O) groups excluding carboxylic acids is 1. The maximum atomic E-state index is 12.9. The lowest BCUT2D eigenvalue weighted by Crippen LogP contribution is -2.44. The van der Waals surface area contributed by atoms with Crippen LogP contribution in [-0.2, 0) is 17.8 Å². The largest absolute Gasteiger partial charge is 0.341 e. The molecule has 1 aromatic heterocycles. The van der Waals surface area contributed by atoms with Crippen molar-refractivity contribution in [2.24, 2.45) is 5.92 Å². The van der Waals surface area contributed by atoms with E-state index in [1.54, 1.807) is 0 Å². The molecule has 1 aromatic carbocycles. The van der Waals surface area contributed by atoms with Gasteiger partial charge in [-0.3, -0.25) is 4.79 Å². The smallest absolute Gasteiger partial charge is 0.226 e. The van der Waals surface area contributed by atoms with E-state index in [2.05, 4.69) is 28.2 Å². The summed E-state index contributed by atoms with van der Waals surface area (Å²) in [7, 11) is 0. The number of carbonyl (C=O) groups is 1. The summed E-state index contributed by atoms with van der Waals surface area (Å²) in [6.45, 7) is 2.98. The number of rotatable bonds is 2.